The van der Waals surface area contributed by atoms with E-state index in [-0.39, 0.29) is 0 Å². The lowest BCUT2D eigenvalue weighted by Crippen LogP contribution is -2.06. The number of carbonyl (C=O) groups is 1. The molecular formula is C17H18O3. The van der Waals surface area contributed by atoms with Crippen LogP contribution >= 0.6 is 0 Å². The van der Waals surface area contributed by atoms with Crippen LogP contribution in [0.5, 0.6) is 5.75 Å². The van der Waals surface area contributed by atoms with E-state index >= 15 is 0 Å². The molecule has 104 valence electrons. The van der Waals surface area contributed by atoms with Gasteiger partial charge in [-0.2, -0.15) is 0 Å². The molecule has 0 amide bonds. The highest BCUT2D eigenvalue weighted by Gasteiger charge is 2.15. The van der Waals surface area contributed by atoms with E-state index in [2.05, 4.69) is 0 Å². The molecule has 2 aromatic rings. The van der Waals surface area contributed by atoms with Crippen LogP contribution in [0.3, 0.4) is 0 Å². The molecule has 0 unspecified atom stereocenters. The Kier molecular flexibility index (Phi) is 4.08. The first-order valence-electron chi connectivity index (χ1n) is 6.51. The second kappa shape index (κ2) is 5.78. The van der Waals surface area contributed by atoms with Crippen LogP contribution in [-0.2, 0) is 6.61 Å². The molecule has 0 aliphatic carbocycles. The third-order valence-corrected chi connectivity index (χ3v) is 3.48. The molecular weight excluding hydrogens is 252 g/mol. The van der Waals surface area contributed by atoms with Gasteiger partial charge in [-0.15, -0.1) is 0 Å². The van der Waals surface area contributed by atoms with Gasteiger partial charge in [-0.05, 0) is 49.1 Å². The van der Waals surface area contributed by atoms with E-state index in [9.17, 15) is 9.90 Å². The first-order valence-corrected chi connectivity index (χ1v) is 6.51. The average molecular weight is 270 g/mol. The number of hydrogen-bond donors (Lipinski definition) is 1. The zero-order valence-corrected chi connectivity index (χ0v) is 11.9. The van der Waals surface area contributed by atoms with Gasteiger partial charge in [-0.1, -0.05) is 30.3 Å². The predicted octanol–water partition coefficient (Wildman–Crippen LogP) is 3.89. The Bertz CT molecular complexity index is 630. The van der Waals surface area contributed by atoms with Crippen molar-refractivity contribution in [2.45, 2.75) is 27.4 Å². The second-order valence-electron chi connectivity index (χ2n) is 4.90. The summed E-state index contributed by atoms with van der Waals surface area (Å²) >= 11 is 0. The van der Waals surface area contributed by atoms with Crippen molar-refractivity contribution in [2.75, 3.05) is 0 Å². The van der Waals surface area contributed by atoms with Crippen molar-refractivity contribution in [3.05, 3.63) is 64.2 Å². The smallest absolute Gasteiger partial charge is 0.335 e. The summed E-state index contributed by atoms with van der Waals surface area (Å²) in [6, 6.07) is 11.6. The summed E-state index contributed by atoms with van der Waals surface area (Å²) in [7, 11) is 0. The fourth-order valence-corrected chi connectivity index (χ4v) is 2.23. The first kappa shape index (κ1) is 14.1. The highest BCUT2D eigenvalue weighted by molar-refractivity contribution is 5.90. The topological polar surface area (TPSA) is 46.5 Å². The maximum atomic E-state index is 11.2. The number of hydrogen-bond acceptors (Lipinski definition) is 2. The fraction of sp³-hybridized carbons (Fsp3) is 0.235. The molecule has 0 radical (unpaired) electrons. The summed E-state index contributed by atoms with van der Waals surface area (Å²) in [5.41, 5.74) is 3.92. The molecule has 0 aliphatic rings. The molecule has 2 rings (SSSR count). The Labute approximate surface area is 118 Å². The van der Waals surface area contributed by atoms with Gasteiger partial charge in [-0.25, -0.2) is 4.79 Å². The Hall–Kier alpha value is -2.29. The second-order valence-corrected chi connectivity index (χ2v) is 4.90. The molecule has 0 bridgehead atoms. The van der Waals surface area contributed by atoms with Gasteiger partial charge in [0.15, 0.2) is 0 Å². The highest BCUT2D eigenvalue weighted by atomic mass is 16.5. The molecule has 0 heterocycles. The number of aromatic carboxylic acids is 1. The summed E-state index contributed by atoms with van der Waals surface area (Å²) in [5, 5.41) is 9.17. The normalized spacial score (nSPS) is 10.3. The maximum Gasteiger partial charge on any atom is 0.335 e. The van der Waals surface area contributed by atoms with Crippen LogP contribution in [-0.4, -0.2) is 11.1 Å². The molecule has 0 atom stereocenters. The molecule has 0 aromatic heterocycles. The van der Waals surface area contributed by atoms with Crippen molar-refractivity contribution in [1.29, 1.82) is 0 Å². The van der Waals surface area contributed by atoms with Crippen LogP contribution in [0.2, 0.25) is 0 Å². The van der Waals surface area contributed by atoms with E-state index in [1.165, 1.54) is 0 Å². The standard InChI is InChI=1S/C17H18O3/c1-11-9-15(17(18)19)12(2)13(3)16(11)20-10-14-7-5-4-6-8-14/h4-9H,10H2,1-3H3,(H,18,19). The molecule has 2 aromatic carbocycles. The minimum absolute atomic E-state index is 0.340. The number of aryl methyl sites for hydroxylation is 1. The quantitative estimate of drug-likeness (QED) is 0.916. The zero-order valence-electron chi connectivity index (χ0n) is 11.9. The van der Waals surface area contributed by atoms with Crippen molar-refractivity contribution in [1.82, 2.24) is 0 Å². The van der Waals surface area contributed by atoms with Crippen LogP contribution in [0.25, 0.3) is 0 Å². The third kappa shape index (κ3) is 2.82. The fourth-order valence-electron chi connectivity index (χ4n) is 2.23. The van der Waals surface area contributed by atoms with E-state index in [0.29, 0.717) is 12.2 Å². The van der Waals surface area contributed by atoms with Gasteiger partial charge in [0, 0.05) is 0 Å². The number of carboxylic acid groups (broad SMARTS) is 1. The summed E-state index contributed by atoms with van der Waals surface area (Å²) in [6.07, 6.45) is 0. The Balaban J connectivity index is 2.29. The van der Waals surface area contributed by atoms with Crippen molar-refractivity contribution in [3.63, 3.8) is 0 Å². The van der Waals surface area contributed by atoms with Gasteiger partial charge < -0.3 is 9.84 Å². The minimum atomic E-state index is -0.900. The molecule has 20 heavy (non-hydrogen) atoms. The minimum Gasteiger partial charge on any atom is -0.488 e. The average Bonchev–Trinajstić information content (AvgIpc) is 2.43. The van der Waals surface area contributed by atoms with E-state index in [1.807, 2.05) is 51.1 Å². The molecule has 0 aliphatic heterocycles. The van der Waals surface area contributed by atoms with Gasteiger partial charge >= 0.3 is 5.97 Å². The van der Waals surface area contributed by atoms with Crippen molar-refractivity contribution in [3.8, 4) is 5.75 Å². The van der Waals surface area contributed by atoms with Crippen LogP contribution in [0.1, 0.15) is 32.6 Å². The molecule has 0 saturated carbocycles. The zero-order chi connectivity index (χ0) is 14.7. The first-order chi connectivity index (χ1) is 9.50. The molecule has 0 fully saturated rings. The molecule has 3 nitrogen and oxygen atoms in total. The number of benzene rings is 2. The van der Waals surface area contributed by atoms with E-state index in [0.717, 1.165) is 28.0 Å². The number of ether oxygens (including phenoxy) is 1. The number of carboxylic acids is 1. The van der Waals surface area contributed by atoms with Gasteiger partial charge in [0.25, 0.3) is 0 Å². The Morgan fingerprint density at radius 1 is 1.10 bits per heavy atom. The van der Waals surface area contributed by atoms with E-state index < -0.39 is 5.97 Å². The monoisotopic (exact) mass is 270 g/mol. The molecule has 1 N–H and O–H groups in total. The van der Waals surface area contributed by atoms with Crippen molar-refractivity contribution in [2.24, 2.45) is 0 Å². The molecule has 0 saturated heterocycles. The molecule has 3 heteroatoms. The predicted molar refractivity (Wildman–Crippen MR) is 78.4 cm³/mol. The third-order valence-electron chi connectivity index (χ3n) is 3.48. The van der Waals surface area contributed by atoms with Crippen LogP contribution in [0, 0.1) is 20.8 Å². The van der Waals surface area contributed by atoms with Gasteiger partial charge in [0.2, 0.25) is 0 Å². The van der Waals surface area contributed by atoms with Crippen LogP contribution in [0.15, 0.2) is 36.4 Å². The lowest BCUT2D eigenvalue weighted by Gasteiger charge is -2.16. The van der Waals surface area contributed by atoms with Crippen molar-refractivity contribution >= 4 is 5.97 Å². The number of rotatable bonds is 4. The van der Waals surface area contributed by atoms with E-state index in [4.69, 9.17) is 4.74 Å². The summed E-state index contributed by atoms with van der Waals surface area (Å²) in [6.45, 7) is 6.07. The summed E-state index contributed by atoms with van der Waals surface area (Å²) in [4.78, 5) is 11.2. The largest absolute Gasteiger partial charge is 0.488 e. The van der Waals surface area contributed by atoms with Gasteiger partial charge in [0.1, 0.15) is 12.4 Å². The maximum absolute atomic E-state index is 11.2. The van der Waals surface area contributed by atoms with Gasteiger partial charge in [0.05, 0.1) is 5.56 Å². The lowest BCUT2D eigenvalue weighted by atomic mass is 9.98. The SMILES string of the molecule is Cc1cc(C(=O)O)c(C)c(C)c1OCc1ccccc1. The summed E-state index contributed by atoms with van der Waals surface area (Å²) < 4.78 is 5.88. The Morgan fingerprint density at radius 2 is 1.75 bits per heavy atom. The molecule has 0 spiro atoms. The Morgan fingerprint density at radius 3 is 2.35 bits per heavy atom. The van der Waals surface area contributed by atoms with E-state index in [1.54, 1.807) is 6.07 Å². The van der Waals surface area contributed by atoms with Crippen LogP contribution < -0.4 is 4.74 Å². The van der Waals surface area contributed by atoms with Crippen LogP contribution in [0.4, 0.5) is 0 Å². The summed E-state index contributed by atoms with van der Waals surface area (Å²) in [5.74, 6) is -0.125. The lowest BCUT2D eigenvalue weighted by molar-refractivity contribution is 0.0696. The van der Waals surface area contributed by atoms with Gasteiger partial charge in [-0.3, -0.25) is 0 Å². The highest BCUT2D eigenvalue weighted by Crippen LogP contribution is 2.29. The van der Waals surface area contributed by atoms with Crippen molar-refractivity contribution < 1.29 is 14.6 Å².